The van der Waals surface area contributed by atoms with E-state index in [2.05, 4.69) is 28.4 Å². The lowest BCUT2D eigenvalue weighted by molar-refractivity contribution is -0.170. The third-order valence-corrected chi connectivity index (χ3v) is 3.62. The molecule has 1 aliphatic rings. The van der Waals surface area contributed by atoms with Gasteiger partial charge in [0.25, 0.3) is 0 Å². The van der Waals surface area contributed by atoms with E-state index in [0.717, 1.165) is 36.3 Å². The van der Waals surface area contributed by atoms with E-state index in [1.165, 1.54) is 6.42 Å². The van der Waals surface area contributed by atoms with Gasteiger partial charge in [-0.25, -0.2) is 4.98 Å². The molecule has 1 aliphatic heterocycles. The monoisotopic (exact) mass is 275 g/mol. The molecule has 0 spiro atoms. The van der Waals surface area contributed by atoms with Crippen molar-refractivity contribution in [1.29, 1.82) is 0 Å². The van der Waals surface area contributed by atoms with E-state index in [1.807, 2.05) is 6.07 Å². The zero-order valence-electron chi connectivity index (χ0n) is 12.1. The number of imidazole rings is 1. The van der Waals surface area contributed by atoms with Crippen LogP contribution in [-0.2, 0) is 16.1 Å². The Kier molecular flexibility index (Phi) is 3.98. The van der Waals surface area contributed by atoms with E-state index in [9.17, 15) is 0 Å². The fourth-order valence-corrected chi connectivity index (χ4v) is 2.69. The Balaban J connectivity index is 1.81. The number of hydrogen-bond donors (Lipinski definition) is 0. The van der Waals surface area contributed by atoms with Crippen LogP contribution in [0, 0.1) is 0 Å². The molecule has 0 bridgehead atoms. The minimum Gasteiger partial charge on any atom is -0.353 e. The lowest BCUT2D eigenvalue weighted by atomic mass is 10.2. The second-order valence-electron chi connectivity index (χ2n) is 5.46. The highest BCUT2D eigenvalue weighted by Crippen LogP contribution is 2.22. The maximum Gasteiger partial charge on any atom is 0.158 e. The highest BCUT2D eigenvalue weighted by Gasteiger charge is 2.18. The second-order valence-corrected chi connectivity index (χ2v) is 5.46. The number of rotatable bonds is 4. The van der Waals surface area contributed by atoms with Gasteiger partial charge in [-0.3, -0.25) is 4.98 Å². The molecule has 3 heterocycles. The highest BCUT2D eigenvalue weighted by atomic mass is 16.7. The SMILES string of the molecule is CC(C)n1c(COC2CCCCO2)nc2cnccc21. The van der Waals surface area contributed by atoms with E-state index < -0.39 is 0 Å². The average Bonchev–Trinajstić information content (AvgIpc) is 2.84. The van der Waals surface area contributed by atoms with Crippen molar-refractivity contribution in [2.24, 2.45) is 0 Å². The third-order valence-electron chi connectivity index (χ3n) is 3.62. The average molecular weight is 275 g/mol. The van der Waals surface area contributed by atoms with E-state index >= 15 is 0 Å². The van der Waals surface area contributed by atoms with Crippen LogP contribution >= 0.6 is 0 Å². The van der Waals surface area contributed by atoms with Crippen LogP contribution in [0.4, 0.5) is 0 Å². The van der Waals surface area contributed by atoms with Crippen molar-refractivity contribution in [2.45, 2.75) is 52.0 Å². The summed E-state index contributed by atoms with van der Waals surface area (Å²) in [6, 6.07) is 2.34. The standard InChI is InChI=1S/C15H21N3O2/c1-11(2)18-13-6-7-16-9-12(13)17-14(18)10-20-15-5-3-4-8-19-15/h6-7,9,11,15H,3-5,8,10H2,1-2H3. The summed E-state index contributed by atoms with van der Waals surface area (Å²) in [7, 11) is 0. The first-order chi connectivity index (χ1) is 9.75. The van der Waals surface area contributed by atoms with Crippen LogP contribution in [0.2, 0.25) is 0 Å². The molecule has 0 aromatic carbocycles. The van der Waals surface area contributed by atoms with Crippen molar-refractivity contribution in [2.75, 3.05) is 6.61 Å². The lowest BCUT2D eigenvalue weighted by Crippen LogP contribution is -2.23. The molecule has 1 fully saturated rings. The maximum atomic E-state index is 5.86. The quantitative estimate of drug-likeness (QED) is 0.860. The molecule has 0 saturated carbocycles. The van der Waals surface area contributed by atoms with Gasteiger partial charge in [0.05, 0.1) is 11.7 Å². The van der Waals surface area contributed by atoms with Crippen LogP contribution in [0.1, 0.15) is 45.0 Å². The first kappa shape index (κ1) is 13.5. The van der Waals surface area contributed by atoms with Crippen molar-refractivity contribution in [3.05, 3.63) is 24.3 Å². The van der Waals surface area contributed by atoms with Gasteiger partial charge >= 0.3 is 0 Å². The van der Waals surface area contributed by atoms with Crippen molar-refractivity contribution >= 4 is 11.0 Å². The molecular formula is C15H21N3O2. The highest BCUT2D eigenvalue weighted by molar-refractivity contribution is 5.74. The first-order valence-electron chi connectivity index (χ1n) is 7.29. The minimum absolute atomic E-state index is 0.0812. The van der Waals surface area contributed by atoms with Gasteiger partial charge in [0.1, 0.15) is 17.9 Å². The number of hydrogen-bond acceptors (Lipinski definition) is 4. The summed E-state index contributed by atoms with van der Waals surface area (Å²) in [4.78, 5) is 8.77. The molecule has 3 rings (SSSR count). The molecule has 108 valence electrons. The third kappa shape index (κ3) is 2.69. The van der Waals surface area contributed by atoms with Crippen molar-refractivity contribution in [3.63, 3.8) is 0 Å². The zero-order chi connectivity index (χ0) is 13.9. The maximum absolute atomic E-state index is 5.86. The van der Waals surface area contributed by atoms with Gasteiger partial charge < -0.3 is 14.0 Å². The van der Waals surface area contributed by atoms with Gasteiger partial charge in [-0.2, -0.15) is 0 Å². The van der Waals surface area contributed by atoms with Crippen LogP contribution in [0.25, 0.3) is 11.0 Å². The van der Waals surface area contributed by atoms with E-state index in [-0.39, 0.29) is 6.29 Å². The summed E-state index contributed by atoms with van der Waals surface area (Å²) < 4.78 is 13.7. The lowest BCUT2D eigenvalue weighted by Gasteiger charge is -2.23. The van der Waals surface area contributed by atoms with Crippen LogP contribution in [0.15, 0.2) is 18.5 Å². The molecule has 2 aromatic rings. The van der Waals surface area contributed by atoms with E-state index in [4.69, 9.17) is 9.47 Å². The van der Waals surface area contributed by atoms with Crippen LogP contribution in [0.5, 0.6) is 0 Å². The molecule has 0 radical (unpaired) electrons. The molecule has 5 nitrogen and oxygen atoms in total. The number of aromatic nitrogens is 3. The Bertz CT molecular complexity index is 574. The predicted molar refractivity (Wildman–Crippen MR) is 76.3 cm³/mol. The molecule has 1 unspecified atom stereocenters. The summed E-state index contributed by atoms with van der Waals surface area (Å²) in [5.41, 5.74) is 2.03. The fraction of sp³-hybridized carbons (Fsp3) is 0.600. The Morgan fingerprint density at radius 3 is 3.10 bits per heavy atom. The van der Waals surface area contributed by atoms with E-state index in [0.29, 0.717) is 12.6 Å². The van der Waals surface area contributed by atoms with Crippen molar-refractivity contribution < 1.29 is 9.47 Å². The van der Waals surface area contributed by atoms with Gasteiger partial charge in [0.2, 0.25) is 0 Å². The Hall–Kier alpha value is -1.46. The van der Waals surface area contributed by atoms with E-state index in [1.54, 1.807) is 12.4 Å². The Morgan fingerprint density at radius 2 is 2.35 bits per heavy atom. The minimum atomic E-state index is -0.0812. The molecule has 0 N–H and O–H groups in total. The van der Waals surface area contributed by atoms with Gasteiger partial charge in [-0.05, 0) is 39.2 Å². The van der Waals surface area contributed by atoms with Crippen molar-refractivity contribution in [3.8, 4) is 0 Å². The molecule has 1 atom stereocenters. The molecule has 0 aliphatic carbocycles. The summed E-state index contributed by atoms with van der Waals surface area (Å²) in [6.45, 7) is 5.59. The van der Waals surface area contributed by atoms with Gasteiger partial charge in [-0.15, -0.1) is 0 Å². The summed E-state index contributed by atoms with van der Waals surface area (Å²) in [6.07, 6.45) is 6.81. The molecular weight excluding hydrogens is 254 g/mol. The molecule has 2 aromatic heterocycles. The largest absolute Gasteiger partial charge is 0.353 e. The number of fused-ring (bicyclic) bond motifs is 1. The van der Waals surface area contributed by atoms with Crippen LogP contribution in [-0.4, -0.2) is 27.4 Å². The fourth-order valence-electron chi connectivity index (χ4n) is 2.69. The zero-order valence-corrected chi connectivity index (χ0v) is 12.1. The molecule has 0 amide bonds. The number of pyridine rings is 1. The van der Waals surface area contributed by atoms with Crippen LogP contribution in [0.3, 0.4) is 0 Å². The molecule has 20 heavy (non-hydrogen) atoms. The smallest absolute Gasteiger partial charge is 0.158 e. The number of ether oxygens (including phenoxy) is 2. The Labute approximate surface area is 118 Å². The first-order valence-corrected chi connectivity index (χ1v) is 7.29. The Morgan fingerprint density at radius 1 is 1.45 bits per heavy atom. The number of nitrogens with zero attached hydrogens (tertiary/aromatic N) is 3. The predicted octanol–water partition coefficient (Wildman–Crippen LogP) is 3.06. The van der Waals surface area contributed by atoms with Gasteiger partial charge in [0.15, 0.2) is 6.29 Å². The van der Waals surface area contributed by atoms with Gasteiger partial charge in [0, 0.05) is 18.8 Å². The summed E-state index contributed by atoms with van der Waals surface area (Å²) >= 11 is 0. The normalized spacial score (nSPS) is 19.9. The molecule has 1 saturated heterocycles. The summed E-state index contributed by atoms with van der Waals surface area (Å²) in [5, 5.41) is 0. The van der Waals surface area contributed by atoms with Gasteiger partial charge in [-0.1, -0.05) is 0 Å². The topological polar surface area (TPSA) is 49.2 Å². The molecule has 5 heteroatoms. The van der Waals surface area contributed by atoms with Crippen molar-refractivity contribution in [1.82, 2.24) is 14.5 Å². The second kappa shape index (κ2) is 5.89. The summed E-state index contributed by atoms with van der Waals surface area (Å²) in [5.74, 6) is 0.942. The van der Waals surface area contributed by atoms with Crippen LogP contribution < -0.4 is 0 Å².